The molecule has 0 unspecified atom stereocenters. The van der Waals surface area contributed by atoms with Gasteiger partial charge in [0.05, 0.1) is 16.3 Å². The summed E-state index contributed by atoms with van der Waals surface area (Å²) < 4.78 is 10.9. The van der Waals surface area contributed by atoms with Crippen molar-refractivity contribution in [3.63, 3.8) is 0 Å². The number of pyridine rings is 1. The lowest BCUT2D eigenvalue weighted by molar-refractivity contribution is -0.385. The van der Waals surface area contributed by atoms with Crippen LogP contribution in [0.4, 0.5) is 11.4 Å². The van der Waals surface area contributed by atoms with Gasteiger partial charge in [-0.1, -0.05) is 41.4 Å². The molecule has 11 nitrogen and oxygen atoms in total. The van der Waals surface area contributed by atoms with Crippen LogP contribution in [0.5, 0.6) is 0 Å². The van der Waals surface area contributed by atoms with Crippen LogP contribution in [0.3, 0.4) is 0 Å². The van der Waals surface area contributed by atoms with Gasteiger partial charge in [-0.15, -0.1) is 0 Å². The third kappa shape index (κ3) is 8.20. The first kappa shape index (κ1) is 30.9. The number of imide groups is 1. The number of benzene rings is 3. The van der Waals surface area contributed by atoms with E-state index >= 15 is 0 Å². The normalized spacial score (nSPS) is 12.2. The number of nitrogens with one attached hydrogen (secondary N) is 1. The minimum absolute atomic E-state index is 0.000772. The van der Waals surface area contributed by atoms with Crippen LogP contribution < -0.4 is 10.6 Å². The first-order valence-corrected chi connectivity index (χ1v) is 15.1. The molecule has 3 aromatic carbocycles. The predicted molar refractivity (Wildman–Crippen MR) is 153 cm³/mol. The summed E-state index contributed by atoms with van der Waals surface area (Å²) in [5.41, 5.74) is 0.607. The Hall–Kier alpha value is -3.60. The largest absolute Gasteiger partial charge is 0.292 e. The Bertz CT molecular complexity index is 1680. The zero-order chi connectivity index (χ0) is 29.6. The zero-order valence-corrected chi connectivity index (χ0v) is 23.7. The summed E-state index contributed by atoms with van der Waals surface area (Å²) in [6.45, 7) is 0. The first-order chi connectivity index (χ1) is 18.8. The molecule has 0 fully saturated rings. The molecule has 0 aliphatic carbocycles. The molecule has 1 aliphatic heterocycles. The summed E-state index contributed by atoms with van der Waals surface area (Å²) in [6, 6.07) is 18.3. The van der Waals surface area contributed by atoms with E-state index in [1.54, 1.807) is 30.3 Å². The molecule has 5 rings (SSSR count). The maximum atomic E-state index is 11.3. The molecule has 0 saturated carbocycles. The quantitative estimate of drug-likeness (QED) is 0.0834. The summed E-state index contributed by atoms with van der Waals surface area (Å²) in [5, 5.41) is 25.3. The first-order valence-electron chi connectivity index (χ1n) is 10.8. The number of fused-ring (bicyclic) bond motifs is 2. The highest BCUT2D eigenvalue weighted by Crippen LogP contribution is 2.54. The fourth-order valence-corrected chi connectivity index (χ4v) is 5.06. The lowest BCUT2D eigenvalue weighted by Crippen LogP contribution is -2.37. The summed E-state index contributed by atoms with van der Waals surface area (Å²) in [4.78, 5) is 46.1. The number of rotatable bonds is 3. The van der Waals surface area contributed by atoms with Gasteiger partial charge in [0.25, 0.3) is 23.1 Å². The Labute approximate surface area is 245 Å². The number of halogens is 4. The van der Waals surface area contributed by atoms with E-state index in [0.717, 1.165) is 0 Å². The predicted octanol–water partition coefficient (Wildman–Crippen LogP) is 6.84. The zero-order valence-electron chi connectivity index (χ0n) is 19.8. The van der Waals surface area contributed by atoms with Crippen molar-refractivity contribution < 1.29 is 24.0 Å². The maximum Gasteiger partial charge on any atom is 0.281 e. The molecule has 0 radical (unpaired) electrons. The lowest BCUT2D eigenvalue weighted by atomic mass is 9.99. The average Bonchev–Trinajstić information content (AvgIpc) is 2.88. The van der Waals surface area contributed by atoms with E-state index in [-0.39, 0.29) is 28.1 Å². The Balaban J connectivity index is 0.000000169. The van der Waals surface area contributed by atoms with Crippen molar-refractivity contribution in [3.8, 4) is 0 Å². The molecule has 16 heteroatoms. The number of hydrogen-bond donors (Lipinski definition) is 1. The van der Waals surface area contributed by atoms with E-state index in [9.17, 15) is 34.4 Å². The number of nitrogens with zero attached hydrogens (tertiary/aromatic N) is 3. The molecular weight excluding hydrogens is 629 g/mol. The summed E-state index contributed by atoms with van der Waals surface area (Å²) in [7, 11) is 0. The standard InChI is InChI=1S/C9H4Cl2N2O2.C9H6N2O4.C6H5Cl2OP/c10-8-4-5-3-6(13(14)15)1-2-7(5)9(11)12-8;12-8-4-5-3-6(11(14)15)1-2-7(5)9(13)10-8;7-10(8,9)6-4-2-1-3-5-6/h1-4H;1-3H,4H2,(H,10,12,13);1-5H. The highest BCUT2D eigenvalue weighted by Gasteiger charge is 2.24. The Morgan fingerprint density at radius 1 is 0.850 bits per heavy atom. The van der Waals surface area contributed by atoms with Crippen LogP contribution in [0, 0.1) is 20.2 Å². The monoisotopic (exact) mass is 642 g/mol. The van der Waals surface area contributed by atoms with E-state index in [4.69, 9.17) is 45.7 Å². The van der Waals surface area contributed by atoms with Gasteiger partial charge in [-0.25, -0.2) is 4.98 Å². The van der Waals surface area contributed by atoms with Crippen molar-refractivity contribution in [2.24, 2.45) is 0 Å². The molecule has 4 aromatic rings. The highest BCUT2D eigenvalue weighted by molar-refractivity contribution is 8.13. The minimum Gasteiger partial charge on any atom is -0.292 e. The van der Waals surface area contributed by atoms with Gasteiger partial charge in [-0.2, -0.15) is 0 Å². The molecule has 0 spiro atoms. The number of carbonyl (C=O) groups is 2. The van der Waals surface area contributed by atoms with Gasteiger partial charge in [-0.3, -0.25) is 39.7 Å². The van der Waals surface area contributed by atoms with Crippen LogP contribution in [-0.4, -0.2) is 26.6 Å². The molecule has 0 bridgehead atoms. The van der Waals surface area contributed by atoms with Gasteiger partial charge in [0.1, 0.15) is 10.3 Å². The van der Waals surface area contributed by atoms with Gasteiger partial charge in [0, 0.05) is 40.5 Å². The molecule has 0 atom stereocenters. The fourth-order valence-electron chi connectivity index (χ4n) is 3.36. The number of amides is 2. The number of hydrogen-bond acceptors (Lipinski definition) is 8. The summed E-state index contributed by atoms with van der Waals surface area (Å²) in [6.07, 6.45) is 0.00273. The second kappa shape index (κ2) is 13.2. The lowest BCUT2D eigenvalue weighted by Gasteiger charge is -2.14. The number of carbonyl (C=O) groups excluding carboxylic acids is 2. The minimum atomic E-state index is -3.07. The van der Waals surface area contributed by atoms with Crippen LogP contribution in [0.1, 0.15) is 15.9 Å². The van der Waals surface area contributed by atoms with Crippen LogP contribution in [-0.2, 0) is 15.8 Å². The van der Waals surface area contributed by atoms with Gasteiger partial charge in [0.15, 0.2) is 0 Å². The third-order valence-electron chi connectivity index (χ3n) is 5.15. The summed E-state index contributed by atoms with van der Waals surface area (Å²) in [5.74, 6) is -4.01. The summed E-state index contributed by atoms with van der Waals surface area (Å²) >= 11 is 22.3. The van der Waals surface area contributed by atoms with Crippen molar-refractivity contribution in [1.82, 2.24) is 10.3 Å². The maximum absolute atomic E-state index is 11.3. The molecule has 2 heterocycles. The molecule has 1 aliphatic rings. The molecular formula is C24H15Cl4N4O7P. The second-order valence-electron chi connectivity index (χ2n) is 7.85. The highest BCUT2D eigenvalue weighted by atomic mass is 35.9. The molecule has 2 amide bonds. The molecule has 206 valence electrons. The van der Waals surface area contributed by atoms with Crippen molar-refractivity contribution in [2.75, 3.05) is 0 Å². The van der Waals surface area contributed by atoms with Gasteiger partial charge in [0.2, 0.25) is 5.91 Å². The van der Waals surface area contributed by atoms with E-state index in [2.05, 4.69) is 10.3 Å². The third-order valence-corrected chi connectivity index (χ3v) is 7.70. The molecule has 1 aromatic heterocycles. The topological polar surface area (TPSA) is 162 Å². The molecule has 1 N–H and O–H groups in total. The molecule has 40 heavy (non-hydrogen) atoms. The SMILES string of the molecule is O=C1Cc2cc([N+](=O)[O-])ccc2C(=O)N1.O=P(Cl)(Cl)c1ccccc1.O=[N+]([O-])c1ccc2c(Cl)nc(Cl)cc2c1. The fraction of sp³-hybridized carbons (Fsp3) is 0.0417. The number of nitro benzene ring substituents is 2. The number of aromatic nitrogens is 1. The average molecular weight is 644 g/mol. The van der Waals surface area contributed by atoms with Crippen molar-refractivity contribution >= 4 is 90.8 Å². The Morgan fingerprint density at radius 2 is 1.45 bits per heavy atom. The van der Waals surface area contributed by atoms with E-state index in [1.807, 2.05) is 6.07 Å². The molecule has 0 saturated heterocycles. The number of non-ortho nitro benzene ring substituents is 2. The van der Waals surface area contributed by atoms with Gasteiger partial charge < -0.3 is 0 Å². The van der Waals surface area contributed by atoms with Crippen molar-refractivity contribution in [2.45, 2.75) is 6.42 Å². The number of nitro groups is 2. The van der Waals surface area contributed by atoms with E-state index in [1.165, 1.54) is 36.4 Å². The van der Waals surface area contributed by atoms with E-state index in [0.29, 0.717) is 27.2 Å². The van der Waals surface area contributed by atoms with Gasteiger partial charge >= 0.3 is 0 Å². The van der Waals surface area contributed by atoms with Crippen LogP contribution in [0.2, 0.25) is 10.3 Å². The van der Waals surface area contributed by atoms with Crippen LogP contribution in [0.25, 0.3) is 10.8 Å². The smallest absolute Gasteiger partial charge is 0.281 e. The van der Waals surface area contributed by atoms with Crippen LogP contribution in [0.15, 0.2) is 72.8 Å². The Morgan fingerprint density at radius 3 is 2.02 bits per heavy atom. The van der Waals surface area contributed by atoms with E-state index < -0.39 is 27.5 Å². The second-order valence-corrected chi connectivity index (χ2v) is 13.4. The van der Waals surface area contributed by atoms with Gasteiger partial charge in [-0.05, 0) is 63.8 Å². The van der Waals surface area contributed by atoms with Crippen molar-refractivity contribution in [3.05, 3.63) is 114 Å². The van der Waals surface area contributed by atoms with Crippen molar-refractivity contribution in [1.29, 1.82) is 0 Å². The van der Waals surface area contributed by atoms with Crippen LogP contribution >= 0.6 is 51.5 Å². The Kier molecular flexibility index (Phi) is 10.2.